The largest absolute Gasteiger partial charge is 0.332 e. The first-order valence-electron chi connectivity index (χ1n) is 10.5. The maximum Gasteiger partial charge on any atom is 0.131 e. The summed E-state index contributed by atoms with van der Waals surface area (Å²) in [5.74, 6) is 7.11. The molecule has 1 unspecified atom stereocenters. The van der Waals surface area contributed by atoms with E-state index >= 15 is 0 Å². The molecule has 0 radical (unpaired) electrons. The lowest BCUT2D eigenvalue weighted by Crippen LogP contribution is -2.33. The van der Waals surface area contributed by atoms with E-state index < -0.39 is 0 Å². The number of rotatable bonds is 9. The Morgan fingerprint density at radius 2 is 1.91 bits per heavy atom. The second-order valence-corrected chi connectivity index (χ2v) is 6.80. The van der Waals surface area contributed by atoms with Gasteiger partial charge in [-0.15, -0.1) is 11.6 Å². The van der Waals surface area contributed by atoms with E-state index in [-0.39, 0.29) is 0 Å². The second-order valence-electron chi connectivity index (χ2n) is 6.80. The lowest BCUT2D eigenvalue weighted by molar-refractivity contribution is 0.400. The van der Waals surface area contributed by atoms with Gasteiger partial charge in [-0.1, -0.05) is 55.8 Å². The lowest BCUT2D eigenvalue weighted by Gasteiger charge is -2.23. The summed E-state index contributed by atoms with van der Waals surface area (Å²) in [7, 11) is 1.93. The van der Waals surface area contributed by atoms with Gasteiger partial charge in [0.1, 0.15) is 11.5 Å². The molecule has 0 spiro atoms. The van der Waals surface area contributed by atoms with E-state index in [2.05, 4.69) is 78.0 Å². The van der Waals surface area contributed by atoms with E-state index in [9.17, 15) is 0 Å². The van der Waals surface area contributed by atoms with Crippen LogP contribution in [0.2, 0.25) is 0 Å². The van der Waals surface area contributed by atoms with E-state index in [0.717, 1.165) is 41.2 Å². The fraction of sp³-hybridized carbons (Fsp3) is 0.259. The molecular formula is C27H33ClN4. The third-order valence-electron chi connectivity index (χ3n) is 4.68. The van der Waals surface area contributed by atoms with Crippen molar-refractivity contribution in [3.63, 3.8) is 0 Å². The first-order chi connectivity index (χ1) is 15.6. The number of hydrogen-bond acceptors (Lipinski definition) is 4. The predicted molar refractivity (Wildman–Crippen MR) is 140 cm³/mol. The summed E-state index contributed by atoms with van der Waals surface area (Å²) in [6.07, 6.45) is 9.82. The molecule has 1 atom stereocenters. The number of aromatic nitrogens is 1. The Morgan fingerprint density at radius 1 is 1.19 bits per heavy atom. The Labute approximate surface area is 198 Å². The number of nitrogens with zero attached hydrogens (tertiary/aromatic N) is 3. The Kier molecular flexibility index (Phi) is 13.1. The molecule has 0 aliphatic heterocycles. The fourth-order valence-corrected chi connectivity index (χ4v) is 2.72. The Morgan fingerprint density at radius 3 is 2.44 bits per heavy atom. The fourth-order valence-electron chi connectivity index (χ4n) is 2.72. The molecule has 1 aromatic carbocycles. The average molecular weight is 449 g/mol. The molecule has 1 aromatic heterocycles. The number of allylic oxidation sites excluding steroid dienone is 3. The zero-order valence-corrected chi connectivity index (χ0v) is 20.2. The Balaban J connectivity index is 0.00000249. The standard InChI is InChI=1S/C26H30N4.CH3Cl/c1-6-22(14-18-26(28-5)30(7-2)20-21(3)27-4)13-16-25-17-15-24(19-29-25)23-11-9-8-10-12-23;1-2/h7-12,14-15,17-19,21,27H,2,5-6,20H2,1,3-4H3;1H3/b22-14+,26-18+;. The molecule has 2 rings (SSSR count). The van der Waals surface area contributed by atoms with Gasteiger partial charge in [0.15, 0.2) is 0 Å². The Bertz CT molecular complexity index is 951. The van der Waals surface area contributed by atoms with Gasteiger partial charge in [0.05, 0.1) is 0 Å². The van der Waals surface area contributed by atoms with E-state index in [1.165, 1.54) is 6.38 Å². The number of halogens is 1. The Hall–Kier alpha value is -3.13. The summed E-state index contributed by atoms with van der Waals surface area (Å²) in [5.41, 5.74) is 3.97. The minimum absolute atomic E-state index is 0.299. The zero-order valence-electron chi connectivity index (χ0n) is 19.5. The minimum atomic E-state index is 0.299. The normalized spacial score (nSPS) is 11.9. The smallest absolute Gasteiger partial charge is 0.131 e. The maximum atomic E-state index is 4.64. The van der Waals surface area contributed by atoms with Gasteiger partial charge in [-0.05, 0) is 63.0 Å². The second kappa shape index (κ2) is 15.6. The van der Waals surface area contributed by atoms with Crippen LogP contribution in [0.5, 0.6) is 0 Å². The molecule has 0 saturated carbocycles. The summed E-state index contributed by atoms with van der Waals surface area (Å²) in [5, 5.41) is 3.21. The van der Waals surface area contributed by atoms with Crippen molar-refractivity contribution >= 4 is 18.3 Å². The van der Waals surface area contributed by atoms with Crippen LogP contribution in [0, 0.1) is 11.8 Å². The van der Waals surface area contributed by atoms with Crippen LogP contribution in [0.1, 0.15) is 26.0 Å². The highest BCUT2D eigenvalue weighted by Gasteiger charge is 2.07. The molecule has 0 bridgehead atoms. The van der Waals surface area contributed by atoms with Crippen LogP contribution in [0.25, 0.3) is 11.1 Å². The topological polar surface area (TPSA) is 40.5 Å². The highest BCUT2D eigenvalue weighted by Crippen LogP contribution is 2.17. The zero-order chi connectivity index (χ0) is 23.8. The van der Waals surface area contributed by atoms with E-state index in [1.807, 2.05) is 60.6 Å². The molecule has 4 nitrogen and oxygen atoms in total. The average Bonchev–Trinajstić information content (AvgIpc) is 2.87. The van der Waals surface area contributed by atoms with Crippen LogP contribution in [0.15, 0.2) is 90.0 Å². The number of hydrogen-bond donors (Lipinski definition) is 1. The number of benzene rings is 1. The van der Waals surface area contributed by atoms with Gasteiger partial charge >= 0.3 is 0 Å². The molecule has 32 heavy (non-hydrogen) atoms. The number of aliphatic imine (C=N–C) groups is 1. The van der Waals surface area contributed by atoms with Crippen LogP contribution in [0.3, 0.4) is 0 Å². The van der Waals surface area contributed by atoms with Crippen molar-refractivity contribution in [1.82, 2.24) is 15.2 Å². The SMILES string of the molecule is C=CN(CC(C)NC)/C(=C/C=C(/C#Cc1ccc(-c2ccccc2)cn1)CC)N=C.CCl. The van der Waals surface area contributed by atoms with E-state index in [4.69, 9.17) is 0 Å². The van der Waals surface area contributed by atoms with Gasteiger partial charge < -0.3 is 10.2 Å². The van der Waals surface area contributed by atoms with Crippen LogP contribution < -0.4 is 5.32 Å². The monoisotopic (exact) mass is 448 g/mol. The number of pyridine rings is 1. The minimum Gasteiger partial charge on any atom is -0.332 e. The molecule has 0 fully saturated rings. The summed E-state index contributed by atoms with van der Waals surface area (Å²) < 4.78 is 0. The first-order valence-corrected chi connectivity index (χ1v) is 11.2. The summed E-state index contributed by atoms with van der Waals surface area (Å²) in [4.78, 5) is 10.6. The molecule has 0 aliphatic carbocycles. The van der Waals surface area contributed by atoms with Gasteiger partial charge in [-0.3, -0.25) is 0 Å². The highest BCUT2D eigenvalue weighted by molar-refractivity contribution is 6.15. The lowest BCUT2D eigenvalue weighted by atomic mass is 10.1. The molecule has 0 amide bonds. The van der Waals surface area contributed by atoms with Crippen LogP contribution in [0.4, 0.5) is 0 Å². The van der Waals surface area contributed by atoms with E-state index in [1.54, 1.807) is 6.20 Å². The third kappa shape index (κ3) is 8.93. The highest BCUT2D eigenvalue weighted by atomic mass is 35.5. The summed E-state index contributed by atoms with van der Waals surface area (Å²) >= 11 is 4.64. The predicted octanol–water partition coefficient (Wildman–Crippen LogP) is 5.89. The van der Waals surface area contributed by atoms with Crippen molar-refractivity contribution in [2.45, 2.75) is 26.3 Å². The summed E-state index contributed by atoms with van der Waals surface area (Å²) in [6, 6.07) is 14.5. The van der Waals surface area contributed by atoms with Gasteiger partial charge in [0, 0.05) is 36.3 Å². The number of alkyl halides is 1. The van der Waals surface area contributed by atoms with Crippen molar-refractivity contribution in [2.75, 3.05) is 20.0 Å². The molecule has 168 valence electrons. The maximum absolute atomic E-state index is 4.64. The van der Waals surface area contributed by atoms with Gasteiger partial charge in [-0.25, -0.2) is 9.98 Å². The molecule has 0 aliphatic rings. The van der Waals surface area contributed by atoms with Crippen LogP contribution >= 0.6 is 11.6 Å². The van der Waals surface area contributed by atoms with Crippen LogP contribution in [-0.2, 0) is 0 Å². The third-order valence-corrected chi connectivity index (χ3v) is 4.68. The number of likely N-dealkylation sites (N-methyl/N-ethyl adjacent to an activating group) is 1. The summed E-state index contributed by atoms with van der Waals surface area (Å²) in [6.45, 7) is 12.5. The molecule has 5 heteroatoms. The van der Waals surface area contributed by atoms with Crippen molar-refractivity contribution < 1.29 is 0 Å². The van der Waals surface area contributed by atoms with Crippen molar-refractivity contribution in [3.05, 3.63) is 90.7 Å². The van der Waals surface area contributed by atoms with Crippen LogP contribution in [-0.4, -0.2) is 42.6 Å². The van der Waals surface area contributed by atoms with Gasteiger partial charge in [-0.2, -0.15) is 0 Å². The molecular weight excluding hydrogens is 416 g/mol. The molecule has 0 saturated heterocycles. The van der Waals surface area contributed by atoms with E-state index in [0.29, 0.717) is 6.04 Å². The van der Waals surface area contributed by atoms with Gasteiger partial charge in [0.25, 0.3) is 0 Å². The molecule has 2 aromatic rings. The van der Waals surface area contributed by atoms with Crippen molar-refractivity contribution in [1.29, 1.82) is 0 Å². The molecule has 1 N–H and O–H groups in total. The quantitative estimate of drug-likeness (QED) is 0.225. The van der Waals surface area contributed by atoms with Crippen molar-refractivity contribution in [2.24, 2.45) is 4.99 Å². The van der Waals surface area contributed by atoms with Gasteiger partial charge in [0.2, 0.25) is 0 Å². The number of nitrogens with one attached hydrogen (secondary N) is 1. The first kappa shape index (κ1) is 26.9. The van der Waals surface area contributed by atoms with Crippen molar-refractivity contribution in [3.8, 4) is 23.0 Å². The molecule has 1 heterocycles.